The second-order valence-corrected chi connectivity index (χ2v) is 7.21. The molecule has 0 aliphatic carbocycles. The van der Waals surface area contributed by atoms with E-state index in [-0.39, 0.29) is 10.7 Å². The fraction of sp³-hybridized carbons (Fsp3) is 0.417. The van der Waals surface area contributed by atoms with Crippen molar-refractivity contribution >= 4 is 34.7 Å². The summed E-state index contributed by atoms with van der Waals surface area (Å²) in [5, 5.41) is 10.8. The number of carbonyl (C=O) groups excluding carboxylic acids is 2. The number of azo groups is 1. The van der Waals surface area contributed by atoms with Crippen molar-refractivity contribution in [3.05, 3.63) is 35.4 Å². The van der Waals surface area contributed by atoms with Gasteiger partial charge in [0.05, 0.1) is 37.8 Å². The number of nitrogens with one attached hydrogen (secondary N) is 1. The highest BCUT2D eigenvalue weighted by atomic mass is 35.5. The number of nitrogens with zero attached hydrogens (tertiary/aromatic N) is 2. The highest BCUT2D eigenvalue weighted by molar-refractivity contribution is 6.35. The molecule has 1 amide bonds. The molecule has 0 fully saturated rings. The van der Waals surface area contributed by atoms with E-state index in [9.17, 15) is 9.59 Å². The van der Waals surface area contributed by atoms with Crippen LogP contribution in [-0.4, -0.2) is 44.2 Å². The molecule has 0 spiro atoms. The molecule has 9 nitrogen and oxygen atoms in total. The predicted molar refractivity (Wildman–Crippen MR) is 130 cm³/mol. The lowest BCUT2D eigenvalue weighted by Crippen LogP contribution is -2.32. The van der Waals surface area contributed by atoms with Crippen molar-refractivity contribution in [2.75, 3.05) is 31.7 Å². The largest absolute Gasteiger partial charge is 0.490 e. The van der Waals surface area contributed by atoms with E-state index >= 15 is 0 Å². The Morgan fingerprint density at radius 2 is 1.47 bits per heavy atom. The number of anilines is 1. The average molecular weight is 492 g/mol. The van der Waals surface area contributed by atoms with Crippen molar-refractivity contribution in [2.45, 2.75) is 40.7 Å². The summed E-state index contributed by atoms with van der Waals surface area (Å²) in [5.41, 5.74) is 0.670. The minimum absolute atomic E-state index is 0.160. The summed E-state index contributed by atoms with van der Waals surface area (Å²) in [5.74, 6) is 0.664. The summed E-state index contributed by atoms with van der Waals surface area (Å²) in [4.78, 5) is 25.0. The number of ketones is 1. The lowest BCUT2D eigenvalue weighted by Gasteiger charge is -2.16. The monoisotopic (exact) mass is 491 g/mol. The average Bonchev–Trinajstić information content (AvgIpc) is 2.80. The van der Waals surface area contributed by atoms with Crippen molar-refractivity contribution < 1.29 is 28.5 Å². The van der Waals surface area contributed by atoms with E-state index in [1.807, 2.05) is 20.8 Å². The molecule has 184 valence electrons. The Morgan fingerprint density at radius 3 is 2.09 bits per heavy atom. The smallest absolute Gasteiger partial charge is 0.258 e. The minimum Gasteiger partial charge on any atom is -0.490 e. The van der Waals surface area contributed by atoms with Crippen LogP contribution in [0.4, 0.5) is 11.4 Å². The molecule has 0 aliphatic rings. The van der Waals surface area contributed by atoms with Crippen LogP contribution in [0.1, 0.15) is 34.6 Å². The number of amides is 1. The van der Waals surface area contributed by atoms with Gasteiger partial charge in [-0.25, -0.2) is 0 Å². The van der Waals surface area contributed by atoms with E-state index in [0.29, 0.717) is 55.1 Å². The third-order valence-corrected chi connectivity index (χ3v) is 4.73. The summed E-state index contributed by atoms with van der Waals surface area (Å²) in [6.45, 7) is 10.3. The van der Waals surface area contributed by atoms with Crippen LogP contribution in [0.2, 0.25) is 5.02 Å². The van der Waals surface area contributed by atoms with Gasteiger partial charge in [-0.05, 0) is 58.9 Å². The Kier molecular flexibility index (Phi) is 10.6. The summed E-state index contributed by atoms with van der Waals surface area (Å²) in [6.07, 6.45) is 0. The third-order valence-electron chi connectivity index (χ3n) is 4.36. The normalized spacial score (nSPS) is 11.7. The van der Waals surface area contributed by atoms with Gasteiger partial charge in [-0.3, -0.25) is 9.59 Å². The Balaban J connectivity index is 2.27. The zero-order valence-electron chi connectivity index (χ0n) is 20.0. The van der Waals surface area contributed by atoms with E-state index in [1.165, 1.54) is 6.92 Å². The van der Waals surface area contributed by atoms with Crippen molar-refractivity contribution in [1.82, 2.24) is 0 Å². The van der Waals surface area contributed by atoms with Gasteiger partial charge >= 0.3 is 0 Å². The Hall–Kier alpha value is -3.33. The molecule has 1 unspecified atom stereocenters. The highest BCUT2D eigenvalue weighted by Gasteiger charge is 2.25. The minimum atomic E-state index is -1.37. The Morgan fingerprint density at radius 1 is 0.882 bits per heavy atom. The van der Waals surface area contributed by atoms with Crippen LogP contribution in [0.5, 0.6) is 23.0 Å². The maximum absolute atomic E-state index is 12.9. The molecule has 1 atom stereocenters. The molecule has 0 aliphatic heterocycles. The SMILES string of the molecule is CCOc1ccc(N=NC(C(C)=O)C(=O)Nc2ccc(OCC)c(OCC)c2Cl)cc1OCC. The Bertz CT molecular complexity index is 1030. The van der Waals surface area contributed by atoms with Gasteiger partial charge in [0, 0.05) is 6.07 Å². The molecule has 34 heavy (non-hydrogen) atoms. The first-order valence-electron chi connectivity index (χ1n) is 11.1. The van der Waals surface area contributed by atoms with Crippen LogP contribution in [0, 0.1) is 0 Å². The third kappa shape index (κ3) is 7.08. The molecule has 0 radical (unpaired) electrons. The van der Waals surface area contributed by atoms with Crippen LogP contribution in [0.3, 0.4) is 0 Å². The topological polar surface area (TPSA) is 108 Å². The molecule has 0 saturated heterocycles. The quantitative estimate of drug-likeness (QED) is 0.288. The second-order valence-electron chi connectivity index (χ2n) is 6.84. The first-order chi connectivity index (χ1) is 16.4. The van der Waals surface area contributed by atoms with Gasteiger partial charge in [0.2, 0.25) is 6.04 Å². The molecule has 2 aromatic rings. The summed E-state index contributed by atoms with van der Waals surface area (Å²) >= 11 is 6.43. The second kappa shape index (κ2) is 13.4. The highest BCUT2D eigenvalue weighted by Crippen LogP contribution is 2.40. The number of rotatable bonds is 13. The van der Waals surface area contributed by atoms with Gasteiger partial charge in [0.25, 0.3) is 5.91 Å². The molecular weight excluding hydrogens is 462 g/mol. The van der Waals surface area contributed by atoms with E-state index in [0.717, 1.165) is 0 Å². The zero-order valence-corrected chi connectivity index (χ0v) is 20.8. The lowest BCUT2D eigenvalue weighted by atomic mass is 10.2. The summed E-state index contributed by atoms with van der Waals surface area (Å²) in [6, 6.07) is 6.81. The molecule has 2 rings (SSSR count). The fourth-order valence-electron chi connectivity index (χ4n) is 2.93. The molecule has 0 bridgehead atoms. The fourth-order valence-corrected chi connectivity index (χ4v) is 3.19. The maximum Gasteiger partial charge on any atom is 0.258 e. The molecule has 0 aromatic heterocycles. The van der Waals surface area contributed by atoms with Crippen molar-refractivity contribution in [1.29, 1.82) is 0 Å². The molecule has 0 heterocycles. The number of hydrogen-bond acceptors (Lipinski definition) is 8. The predicted octanol–water partition coefficient (Wildman–Crippen LogP) is 5.61. The van der Waals surface area contributed by atoms with Crippen LogP contribution < -0.4 is 24.3 Å². The number of hydrogen-bond donors (Lipinski definition) is 1. The standard InChI is InChI=1S/C24H30ClN3O6/c1-6-31-18-12-10-16(14-20(18)33-8-3)27-28-22(15(5)29)24(30)26-17-11-13-19(32-7-2)23(21(17)25)34-9-4/h10-14,22H,6-9H2,1-5H3,(H,26,30). The van der Waals surface area contributed by atoms with Crippen LogP contribution in [0.15, 0.2) is 40.6 Å². The summed E-state index contributed by atoms with van der Waals surface area (Å²) < 4.78 is 22.2. The number of ether oxygens (including phenoxy) is 4. The zero-order chi connectivity index (χ0) is 25.1. The molecule has 2 aromatic carbocycles. The number of Topliss-reactive ketones (excluding diaryl/α,β-unsaturated/α-hetero) is 1. The van der Waals surface area contributed by atoms with Crippen LogP contribution in [0.25, 0.3) is 0 Å². The lowest BCUT2D eigenvalue weighted by molar-refractivity contribution is -0.126. The van der Waals surface area contributed by atoms with Crippen LogP contribution >= 0.6 is 11.6 Å². The van der Waals surface area contributed by atoms with E-state index in [2.05, 4.69) is 15.5 Å². The number of halogens is 1. The van der Waals surface area contributed by atoms with Crippen molar-refractivity contribution in [3.63, 3.8) is 0 Å². The summed E-state index contributed by atoms with van der Waals surface area (Å²) in [7, 11) is 0. The molecule has 1 N–H and O–H groups in total. The molecule has 0 saturated carbocycles. The maximum atomic E-state index is 12.9. The van der Waals surface area contributed by atoms with Gasteiger partial charge in [0.15, 0.2) is 28.8 Å². The van der Waals surface area contributed by atoms with Crippen LogP contribution in [-0.2, 0) is 9.59 Å². The first kappa shape index (κ1) is 26.9. The van der Waals surface area contributed by atoms with E-state index in [4.69, 9.17) is 30.5 Å². The van der Waals surface area contributed by atoms with Gasteiger partial charge < -0.3 is 24.3 Å². The van der Waals surface area contributed by atoms with Gasteiger partial charge in [0.1, 0.15) is 5.02 Å². The number of carbonyl (C=O) groups is 2. The molecular formula is C24H30ClN3O6. The number of benzene rings is 2. The van der Waals surface area contributed by atoms with E-state index < -0.39 is 17.7 Å². The van der Waals surface area contributed by atoms with Crippen molar-refractivity contribution in [2.24, 2.45) is 10.2 Å². The van der Waals surface area contributed by atoms with Gasteiger partial charge in [-0.2, -0.15) is 10.2 Å². The Labute approximate surface area is 204 Å². The van der Waals surface area contributed by atoms with Gasteiger partial charge in [-0.1, -0.05) is 11.6 Å². The molecule has 10 heteroatoms. The van der Waals surface area contributed by atoms with E-state index in [1.54, 1.807) is 37.3 Å². The van der Waals surface area contributed by atoms with Gasteiger partial charge in [-0.15, -0.1) is 0 Å². The first-order valence-corrected chi connectivity index (χ1v) is 11.4. The van der Waals surface area contributed by atoms with Crippen molar-refractivity contribution in [3.8, 4) is 23.0 Å².